The third-order valence-electron chi connectivity index (χ3n) is 2.97. The number of piperidine rings is 1. The molecule has 1 saturated heterocycles. The first-order chi connectivity index (χ1) is 8.34. The van der Waals surface area contributed by atoms with Gasteiger partial charge in [0.05, 0.1) is 0 Å². The van der Waals surface area contributed by atoms with Crippen LogP contribution in [-0.2, 0) is 4.79 Å². The third-order valence-corrected chi connectivity index (χ3v) is 3.80. The molecule has 0 aromatic carbocycles. The smallest absolute Gasteiger partial charge is 0.244 e. The molecule has 17 heavy (non-hydrogen) atoms. The van der Waals surface area contributed by atoms with Crippen LogP contribution in [0.25, 0.3) is 6.08 Å². The maximum atomic E-state index is 11.6. The molecule has 1 aromatic rings. The third kappa shape index (κ3) is 4.32. The lowest BCUT2D eigenvalue weighted by atomic mass is 9.98. The Balaban J connectivity index is 1.70. The van der Waals surface area contributed by atoms with Crippen molar-refractivity contribution in [2.45, 2.75) is 12.8 Å². The van der Waals surface area contributed by atoms with Gasteiger partial charge in [-0.15, -0.1) is 11.3 Å². The van der Waals surface area contributed by atoms with Crippen LogP contribution < -0.4 is 10.6 Å². The minimum absolute atomic E-state index is 0.0110. The standard InChI is InChI=1S/C13H18N2OS/c16-13(4-3-12-2-1-9-17-12)15-10-11-5-7-14-8-6-11/h1-4,9,11,14H,5-8,10H2,(H,15,16). The van der Waals surface area contributed by atoms with Gasteiger partial charge in [-0.25, -0.2) is 0 Å². The van der Waals surface area contributed by atoms with Gasteiger partial charge in [0.1, 0.15) is 0 Å². The molecule has 4 heteroatoms. The molecule has 0 unspecified atom stereocenters. The van der Waals surface area contributed by atoms with Crippen LogP contribution in [0.5, 0.6) is 0 Å². The average Bonchev–Trinajstić information content (AvgIpc) is 2.88. The summed E-state index contributed by atoms with van der Waals surface area (Å²) in [4.78, 5) is 12.7. The van der Waals surface area contributed by atoms with Gasteiger partial charge in [0, 0.05) is 17.5 Å². The molecule has 0 spiro atoms. The van der Waals surface area contributed by atoms with Crippen molar-refractivity contribution < 1.29 is 4.79 Å². The molecule has 2 rings (SSSR count). The van der Waals surface area contributed by atoms with Crippen LogP contribution in [-0.4, -0.2) is 25.5 Å². The highest BCUT2D eigenvalue weighted by molar-refractivity contribution is 7.10. The van der Waals surface area contributed by atoms with E-state index in [2.05, 4.69) is 10.6 Å². The minimum atomic E-state index is 0.0110. The van der Waals surface area contributed by atoms with Crippen LogP contribution in [0.1, 0.15) is 17.7 Å². The summed E-state index contributed by atoms with van der Waals surface area (Å²) in [5.74, 6) is 0.646. The molecular formula is C13H18N2OS. The first kappa shape index (κ1) is 12.3. The van der Waals surface area contributed by atoms with Crippen LogP contribution >= 0.6 is 11.3 Å². The van der Waals surface area contributed by atoms with Crippen molar-refractivity contribution in [3.63, 3.8) is 0 Å². The Labute approximate surface area is 106 Å². The first-order valence-electron chi connectivity index (χ1n) is 6.05. The van der Waals surface area contributed by atoms with Gasteiger partial charge < -0.3 is 10.6 Å². The molecule has 1 aromatic heterocycles. The van der Waals surface area contributed by atoms with E-state index in [0.717, 1.165) is 37.4 Å². The second kappa shape index (κ2) is 6.57. The molecular weight excluding hydrogens is 232 g/mol. The molecule has 2 heterocycles. The molecule has 2 N–H and O–H groups in total. The van der Waals surface area contributed by atoms with Gasteiger partial charge in [0.25, 0.3) is 0 Å². The van der Waals surface area contributed by atoms with Crippen LogP contribution in [0.15, 0.2) is 23.6 Å². The lowest BCUT2D eigenvalue weighted by Gasteiger charge is -2.22. The monoisotopic (exact) mass is 250 g/mol. The maximum Gasteiger partial charge on any atom is 0.244 e. The van der Waals surface area contributed by atoms with Crippen LogP contribution in [0.4, 0.5) is 0 Å². The highest BCUT2D eigenvalue weighted by Crippen LogP contribution is 2.11. The highest BCUT2D eigenvalue weighted by atomic mass is 32.1. The Morgan fingerprint density at radius 3 is 3.06 bits per heavy atom. The fraction of sp³-hybridized carbons (Fsp3) is 0.462. The summed E-state index contributed by atoms with van der Waals surface area (Å²) in [7, 11) is 0. The zero-order valence-electron chi connectivity index (χ0n) is 9.82. The molecule has 0 radical (unpaired) electrons. The molecule has 1 fully saturated rings. The number of carbonyl (C=O) groups is 1. The van der Waals surface area contributed by atoms with Gasteiger partial charge in [-0.2, -0.15) is 0 Å². The Hall–Kier alpha value is -1.13. The molecule has 3 nitrogen and oxygen atoms in total. The van der Waals surface area contributed by atoms with E-state index in [0.29, 0.717) is 5.92 Å². The molecule has 0 saturated carbocycles. The summed E-state index contributed by atoms with van der Waals surface area (Å²) >= 11 is 1.64. The topological polar surface area (TPSA) is 41.1 Å². The predicted octanol–water partition coefficient (Wildman–Crippen LogP) is 1.88. The zero-order valence-corrected chi connectivity index (χ0v) is 10.6. The van der Waals surface area contributed by atoms with Gasteiger partial charge in [-0.05, 0) is 49.4 Å². The van der Waals surface area contributed by atoms with E-state index in [-0.39, 0.29) is 5.91 Å². The first-order valence-corrected chi connectivity index (χ1v) is 6.93. The molecule has 1 aliphatic rings. The minimum Gasteiger partial charge on any atom is -0.352 e. The fourth-order valence-electron chi connectivity index (χ4n) is 1.93. The lowest BCUT2D eigenvalue weighted by molar-refractivity contribution is -0.116. The van der Waals surface area contributed by atoms with Crippen molar-refractivity contribution in [2.75, 3.05) is 19.6 Å². The summed E-state index contributed by atoms with van der Waals surface area (Å²) in [6.07, 6.45) is 5.80. The van der Waals surface area contributed by atoms with E-state index in [9.17, 15) is 4.79 Å². The van der Waals surface area contributed by atoms with Gasteiger partial charge in [-0.1, -0.05) is 6.07 Å². The van der Waals surface area contributed by atoms with E-state index in [4.69, 9.17) is 0 Å². The normalized spacial score (nSPS) is 17.4. The van der Waals surface area contributed by atoms with Crippen molar-refractivity contribution in [3.8, 4) is 0 Å². The van der Waals surface area contributed by atoms with Crippen molar-refractivity contribution >= 4 is 23.3 Å². The lowest BCUT2D eigenvalue weighted by Crippen LogP contribution is -2.35. The van der Waals surface area contributed by atoms with Gasteiger partial charge in [0.15, 0.2) is 0 Å². The van der Waals surface area contributed by atoms with Crippen LogP contribution in [0.3, 0.4) is 0 Å². The summed E-state index contributed by atoms with van der Waals surface area (Å²) < 4.78 is 0. The number of hydrogen-bond donors (Lipinski definition) is 2. The second-order valence-electron chi connectivity index (χ2n) is 4.29. The van der Waals surface area contributed by atoms with E-state index in [1.807, 2.05) is 23.6 Å². The number of thiophene rings is 1. The van der Waals surface area contributed by atoms with Crippen LogP contribution in [0.2, 0.25) is 0 Å². The Morgan fingerprint density at radius 1 is 1.53 bits per heavy atom. The second-order valence-corrected chi connectivity index (χ2v) is 5.27. The van der Waals surface area contributed by atoms with Gasteiger partial charge in [0.2, 0.25) is 5.91 Å². The molecule has 1 aliphatic heterocycles. The van der Waals surface area contributed by atoms with Crippen molar-refractivity contribution in [1.29, 1.82) is 0 Å². The number of amides is 1. The average molecular weight is 250 g/mol. The molecule has 0 bridgehead atoms. The molecule has 0 aliphatic carbocycles. The Bertz CT molecular complexity index is 367. The maximum absolute atomic E-state index is 11.6. The summed E-state index contributed by atoms with van der Waals surface area (Å²) in [6.45, 7) is 2.95. The molecule has 1 amide bonds. The van der Waals surface area contributed by atoms with Gasteiger partial charge in [-0.3, -0.25) is 4.79 Å². The number of carbonyl (C=O) groups excluding carboxylic acids is 1. The van der Waals surface area contributed by atoms with Crippen molar-refractivity contribution in [1.82, 2.24) is 10.6 Å². The molecule has 0 atom stereocenters. The number of hydrogen-bond acceptors (Lipinski definition) is 3. The van der Waals surface area contributed by atoms with Crippen molar-refractivity contribution in [3.05, 3.63) is 28.5 Å². The van der Waals surface area contributed by atoms with Gasteiger partial charge >= 0.3 is 0 Å². The summed E-state index contributed by atoms with van der Waals surface area (Å²) in [5, 5.41) is 8.29. The quantitative estimate of drug-likeness (QED) is 0.801. The van der Waals surface area contributed by atoms with E-state index in [1.54, 1.807) is 17.4 Å². The zero-order chi connectivity index (χ0) is 11.9. The van der Waals surface area contributed by atoms with Crippen LogP contribution in [0, 0.1) is 5.92 Å². The Morgan fingerprint density at radius 2 is 2.35 bits per heavy atom. The summed E-state index contributed by atoms with van der Waals surface area (Å²) in [6, 6.07) is 3.98. The SMILES string of the molecule is O=C(C=Cc1cccs1)NCC1CCNCC1. The Kier molecular flexibility index (Phi) is 4.76. The van der Waals surface area contributed by atoms with E-state index >= 15 is 0 Å². The molecule has 92 valence electrons. The van der Waals surface area contributed by atoms with E-state index < -0.39 is 0 Å². The van der Waals surface area contributed by atoms with Crippen molar-refractivity contribution in [2.24, 2.45) is 5.92 Å². The van der Waals surface area contributed by atoms with E-state index in [1.165, 1.54) is 0 Å². The highest BCUT2D eigenvalue weighted by Gasteiger charge is 2.12. The number of nitrogens with one attached hydrogen (secondary N) is 2. The largest absolute Gasteiger partial charge is 0.352 e. The fourth-order valence-corrected chi connectivity index (χ4v) is 2.55. The number of rotatable bonds is 4. The summed E-state index contributed by atoms with van der Waals surface area (Å²) in [5.41, 5.74) is 0. The predicted molar refractivity (Wildman–Crippen MR) is 72.0 cm³/mol.